The minimum Gasteiger partial charge on any atom is -0.499 e. The lowest BCUT2D eigenvalue weighted by Gasteiger charge is -2.30. The van der Waals surface area contributed by atoms with Crippen molar-refractivity contribution in [2.75, 3.05) is 36.1 Å². The second-order valence-electron chi connectivity index (χ2n) is 9.18. The molecule has 2 aliphatic rings. The molecule has 1 aliphatic heterocycles. The molecule has 1 aromatic heterocycles. The molecule has 4 rings (SSSR count). The van der Waals surface area contributed by atoms with Gasteiger partial charge >= 0.3 is 6.18 Å². The number of ether oxygens (including phenoxy) is 1. The molecule has 1 aliphatic carbocycles. The first-order valence-electron chi connectivity index (χ1n) is 12.5. The van der Waals surface area contributed by atoms with E-state index in [1.165, 1.54) is 18.7 Å². The molecule has 2 aromatic rings. The molecule has 0 fully saturated rings. The number of nitrogens with zero attached hydrogens (tertiary/aromatic N) is 3. The van der Waals surface area contributed by atoms with Gasteiger partial charge < -0.3 is 25.6 Å². The predicted octanol–water partition coefficient (Wildman–Crippen LogP) is 5.39. The summed E-state index contributed by atoms with van der Waals surface area (Å²) in [4.78, 5) is 33.0. The van der Waals surface area contributed by atoms with E-state index in [1.807, 2.05) is 6.08 Å². The SMILES string of the molecule is C=CC(=O)Nc1cccc(Nc2nc(NC3=C(OC)CC(C4=CCN(C(C)=O)CC4)C=C3)ncc2C(F)(F)F)c1. The fourth-order valence-electron chi connectivity index (χ4n) is 4.42. The smallest absolute Gasteiger partial charge is 0.421 e. The van der Waals surface area contributed by atoms with Gasteiger partial charge in [0.1, 0.15) is 17.1 Å². The second-order valence-corrected chi connectivity index (χ2v) is 9.18. The molecule has 40 heavy (non-hydrogen) atoms. The standard InChI is InChI=1S/C28H29F3N6O3/c1-4-25(39)33-20-6-5-7-21(15-20)34-26-22(28(29,30)31)16-32-27(36-26)35-23-9-8-19(14-24(23)40-3)18-10-12-37(13-11-18)17(2)38/h4-10,15-16,19H,1,11-14H2,2-3H3,(H,33,39)(H2,32,34,35,36). The number of carbonyl (C=O) groups excluding carboxylic acids is 2. The van der Waals surface area contributed by atoms with Gasteiger partial charge in [0.05, 0.1) is 12.8 Å². The van der Waals surface area contributed by atoms with Gasteiger partial charge in [-0.1, -0.05) is 30.4 Å². The van der Waals surface area contributed by atoms with E-state index in [2.05, 4.69) is 38.6 Å². The Morgan fingerprint density at radius 2 is 2.00 bits per heavy atom. The molecule has 9 nitrogen and oxygen atoms in total. The number of halogens is 3. The van der Waals surface area contributed by atoms with Gasteiger partial charge in [0.15, 0.2) is 0 Å². The van der Waals surface area contributed by atoms with Gasteiger partial charge in [-0.05, 0) is 36.8 Å². The Hall–Kier alpha value is -4.61. The van der Waals surface area contributed by atoms with Gasteiger partial charge in [-0.2, -0.15) is 18.2 Å². The summed E-state index contributed by atoms with van der Waals surface area (Å²) in [5, 5.41) is 8.22. The van der Waals surface area contributed by atoms with Crippen molar-refractivity contribution >= 4 is 35.0 Å². The molecule has 0 saturated carbocycles. The highest BCUT2D eigenvalue weighted by Crippen LogP contribution is 2.36. The van der Waals surface area contributed by atoms with Crippen molar-refractivity contribution in [1.82, 2.24) is 14.9 Å². The molecule has 0 spiro atoms. The Bertz CT molecular complexity index is 1400. The van der Waals surface area contributed by atoms with E-state index < -0.39 is 23.5 Å². The number of aromatic nitrogens is 2. The summed E-state index contributed by atoms with van der Waals surface area (Å²) in [5.74, 6) is -0.258. The normalized spacial score (nSPS) is 17.2. The topological polar surface area (TPSA) is 108 Å². The van der Waals surface area contributed by atoms with Crippen LogP contribution in [0.3, 0.4) is 0 Å². The first-order valence-corrected chi connectivity index (χ1v) is 12.5. The van der Waals surface area contributed by atoms with Crippen LogP contribution in [-0.2, 0) is 20.5 Å². The van der Waals surface area contributed by atoms with Crippen LogP contribution < -0.4 is 16.0 Å². The number of benzene rings is 1. The van der Waals surface area contributed by atoms with Crippen molar-refractivity contribution in [2.24, 2.45) is 5.92 Å². The molecule has 1 aromatic carbocycles. The van der Waals surface area contributed by atoms with Crippen LogP contribution in [0.25, 0.3) is 0 Å². The molecule has 2 heterocycles. The van der Waals surface area contributed by atoms with E-state index in [1.54, 1.807) is 36.1 Å². The zero-order valence-electron chi connectivity index (χ0n) is 22.0. The zero-order chi connectivity index (χ0) is 28.9. The third-order valence-electron chi connectivity index (χ3n) is 6.53. The molecule has 2 amide bonds. The van der Waals surface area contributed by atoms with Crippen LogP contribution in [0.2, 0.25) is 0 Å². The Morgan fingerprint density at radius 1 is 1.23 bits per heavy atom. The molecular formula is C28H29F3N6O3. The quantitative estimate of drug-likeness (QED) is 0.297. The molecule has 0 saturated heterocycles. The average Bonchev–Trinajstić information content (AvgIpc) is 2.93. The first kappa shape index (κ1) is 28.4. The number of rotatable bonds is 8. The molecular weight excluding hydrogens is 525 g/mol. The van der Waals surface area contributed by atoms with Crippen LogP contribution in [-0.4, -0.2) is 46.9 Å². The lowest BCUT2D eigenvalue weighted by Crippen LogP contribution is -2.34. The summed E-state index contributed by atoms with van der Waals surface area (Å²) in [6.07, 6.45) is 4.22. The molecule has 1 atom stereocenters. The van der Waals surface area contributed by atoms with Crippen LogP contribution in [0.5, 0.6) is 0 Å². The van der Waals surface area contributed by atoms with E-state index in [9.17, 15) is 22.8 Å². The molecule has 1 unspecified atom stereocenters. The van der Waals surface area contributed by atoms with Crippen molar-refractivity contribution < 1.29 is 27.5 Å². The van der Waals surface area contributed by atoms with Crippen LogP contribution >= 0.6 is 0 Å². The van der Waals surface area contributed by atoms with Crippen LogP contribution in [0, 0.1) is 5.92 Å². The maximum atomic E-state index is 13.8. The Kier molecular flexibility index (Phi) is 8.56. The van der Waals surface area contributed by atoms with Gasteiger partial charge in [0, 0.05) is 49.9 Å². The van der Waals surface area contributed by atoms with Gasteiger partial charge in [0.25, 0.3) is 0 Å². The highest BCUT2D eigenvalue weighted by molar-refractivity contribution is 5.99. The number of carbonyl (C=O) groups is 2. The number of nitrogens with one attached hydrogen (secondary N) is 3. The summed E-state index contributed by atoms with van der Waals surface area (Å²) in [7, 11) is 1.53. The number of allylic oxidation sites excluding steroid dienone is 3. The van der Waals surface area contributed by atoms with Gasteiger partial charge in [-0.25, -0.2) is 4.98 Å². The molecule has 3 N–H and O–H groups in total. The van der Waals surface area contributed by atoms with E-state index in [0.717, 1.165) is 12.5 Å². The summed E-state index contributed by atoms with van der Waals surface area (Å²) in [5.41, 5.74) is 1.32. The lowest BCUT2D eigenvalue weighted by molar-refractivity contribution is -0.137. The number of methoxy groups -OCH3 is 1. The molecule has 12 heteroatoms. The van der Waals surface area contributed by atoms with Crippen molar-refractivity contribution in [3.63, 3.8) is 0 Å². The number of amides is 2. The predicted molar refractivity (Wildman–Crippen MR) is 145 cm³/mol. The van der Waals surface area contributed by atoms with E-state index in [0.29, 0.717) is 42.9 Å². The highest BCUT2D eigenvalue weighted by atomic mass is 19.4. The highest BCUT2D eigenvalue weighted by Gasteiger charge is 2.35. The number of hydrogen-bond donors (Lipinski definition) is 3. The van der Waals surface area contributed by atoms with Crippen LogP contribution in [0.1, 0.15) is 25.3 Å². The summed E-state index contributed by atoms with van der Waals surface area (Å²) < 4.78 is 46.9. The number of alkyl halides is 3. The zero-order valence-corrected chi connectivity index (χ0v) is 22.0. The fraction of sp³-hybridized carbons (Fsp3) is 0.286. The number of anilines is 4. The summed E-state index contributed by atoms with van der Waals surface area (Å²) in [6, 6.07) is 6.19. The maximum Gasteiger partial charge on any atom is 0.421 e. The van der Waals surface area contributed by atoms with Crippen LogP contribution in [0.15, 0.2) is 78.4 Å². The Morgan fingerprint density at radius 3 is 2.65 bits per heavy atom. The largest absolute Gasteiger partial charge is 0.499 e. The van der Waals surface area contributed by atoms with E-state index >= 15 is 0 Å². The van der Waals surface area contributed by atoms with Crippen LogP contribution in [0.4, 0.5) is 36.3 Å². The van der Waals surface area contributed by atoms with Gasteiger partial charge in [0.2, 0.25) is 17.8 Å². The van der Waals surface area contributed by atoms with E-state index in [-0.39, 0.29) is 23.5 Å². The molecule has 210 valence electrons. The maximum absolute atomic E-state index is 13.8. The monoisotopic (exact) mass is 554 g/mol. The minimum absolute atomic E-state index is 0.0380. The average molecular weight is 555 g/mol. The van der Waals surface area contributed by atoms with Crippen molar-refractivity contribution in [3.05, 3.63) is 83.9 Å². The summed E-state index contributed by atoms with van der Waals surface area (Å²) >= 11 is 0. The first-order chi connectivity index (χ1) is 19.1. The fourth-order valence-corrected chi connectivity index (χ4v) is 4.42. The van der Waals surface area contributed by atoms with Gasteiger partial charge in [-0.15, -0.1) is 0 Å². The van der Waals surface area contributed by atoms with Gasteiger partial charge in [-0.3, -0.25) is 9.59 Å². The van der Waals surface area contributed by atoms with Crippen molar-refractivity contribution in [3.8, 4) is 0 Å². The third kappa shape index (κ3) is 6.87. The van der Waals surface area contributed by atoms with Crippen molar-refractivity contribution in [2.45, 2.75) is 25.9 Å². The Labute approximate surface area is 229 Å². The minimum atomic E-state index is -4.71. The lowest BCUT2D eigenvalue weighted by atomic mass is 9.87. The second kappa shape index (κ2) is 12.1. The molecule has 0 bridgehead atoms. The third-order valence-corrected chi connectivity index (χ3v) is 6.53. The van der Waals surface area contributed by atoms with Crippen molar-refractivity contribution in [1.29, 1.82) is 0 Å². The molecule has 0 radical (unpaired) electrons. The Balaban J connectivity index is 1.55. The van der Waals surface area contributed by atoms with E-state index in [4.69, 9.17) is 4.74 Å². The summed E-state index contributed by atoms with van der Waals surface area (Å²) in [6.45, 7) is 6.15. The number of hydrogen-bond acceptors (Lipinski definition) is 7.